The van der Waals surface area contributed by atoms with Crippen LogP contribution >= 0.6 is 0 Å². The van der Waals surface area contributed by atoms with Crippen molar-refractivity contribution in [3.8, 4) is 0 Å². The standard InChI is InChI=1S/C13H11FN2O2/c1-15-10-4-3-7(14)5-8(10)9-6-11(13(17)18)16(2)12(9)15/h3-6H,1-2H3,(H,17,18). The van der Waals surface area contributed by atoms with Crippen LogP contribution in [-0.4, -0.2) is 20.2 Å². The first-order valence-electron chi connectivity index (χ1n) is 5.47. The largest absolute Gasteiger partial charge is 0.477 e. The Morgan fingerprint density at radius 1 is 1.17 bits per heavy atom. The number of hydrogen-bond donors (Lipinski definition) is 1. The number of carbonyl (C=O) groups is 1. The third kappa shape index (κ3) is 1.21. The number of halogens is 1. The van der Waals surface area contributed by atoms with Gasteiger partial charge in [-0.3, -0.25) is 0 Å². The van der Waals surface area contributed by atoms with E-state index >= 15 is 0 Å². The number of benzene rings is 1. The maximum Gasteiger partial charge on any atom is 0.352 e. The first kappa shape index (κ1) is 10.8. The van der Waals surface area contributed by atoms with Crippen molar-refractivity contribution >= 4 is 27.9 Å². The van der Waals surface area contributed by atoms with Gasteiger partial charge in [-0.05, 0) is 24.3 Å². The van der Waals surface area contributed by atoms with Gasteiger partial charge in [0, 0.05) is 24.9 Å². The van der Waals surface area contributed by atoms with Crippen molar-refractivity contribution < 1.29 is 14.3 Å². The molecule has 1 N–H and O–H groups in total. The molecule has 0 aliphatic carbocycles. The number of hydrogen-bond acceptors (Lipinski definition) is 1. The van der Waals surface area contributed by atoms with E-state index in [-0.39, 0.29) is 11.5 Å². The molecule has 4 nitrogen and oxygen atoms in total. The molecule has 3 aromatic rings. The van der Waals surface area contributed by atoms with Gasteiger partial charge < -0.3 is 14.2 Å². The zero-order valence-corrected chi connectivity index (χ0v) is 9.94. The summed E-state index contributed by atoms with van der Waals surface area (Å²) < 4.78 is 16.8. The van der Waals surface area contributed by atoms with Gasteiger partial charge in [-0.25, -0.2) is 9.18 Å². The average molecular weight is 246 g/mol. The Morgan fingerprint density at radius 2 is 1.89 bits per heavy atom. The van der Waals surface area contributed by atoms with Crippen molar-refractivity contribution in [2.24, 2.45) is 14.1 Å². The second-order valence-electron chi connectivity index (χ2n) is 4.35. The summed E-state index contributed by atoms with van der Waals surface area (Å²) in [6.45, 7) is 0. The molecule has 0 bridgehead atoms. The van der Waals surface area contributed by atoms with Crippen LogP contribution in [0.2, 0.25) is 0 Å². The fourth-order valence-electron chi connectivity index (χ4n) is 2.53. The fraction of sp³-hybridized carbons (Fsp3) is 0.154. The van der Waals surface area contributed by atoms with Gasteiger partial charge in [0.05, 0.1) is 5.52 Å². The SMILES string of the molecule is Cn1c(C(=O)O)cc2c3cc(F)ccc3n(C)c21. The lowest BCUT2D eigenvalue weighted by atomic mass is 10.2. The summed E-state index contributed by atoms with van der Waals surface area (Å²) in [4.78, 5) is 11.1. The average Bonchev–Trinajstić information content (AvgIpc) is 2.77. The van der Waals surface area contributed by atoms with Crippen LogP contribution in [-0.2, 0) is 14.1 Å². The lowest BCUT2D eigenvalue weighted by molar-refractivity contribution is 0.0687. The van der Waals surface area contributed by atoms with Gasteiger partial charge in [0.1, 0.15) is 17.2 Å². The molecule has 0 spiro atoms. The van der Waals surface area contributed by atoms with Crippen LogP contribution in [0.25, 0.3) is 21.9 Å². The molecule has 0 aliphatic rings. The van der Waals surface area contributed by atoms with Crippen molar-refractivity contribution in [1.29, 1.82) is 0 Å². The Morgan fingerprint density at radius 3 is 2.56 bits per heavy atom. The fourth-order valence-corrected chi connectivity index (χ4v) is 2.53. The van der Waals surface area contributed by atoms with Gasteiger partial charge in [-0.1, -0.05) is 0 Å². The number of carboxylic acids is 1. The van der Waals surface area contributed by atoms with Gasteiger partial charge in [-0.2, -0.15) is 0 Å². The lowest BCUT2D eigenvalue weighted by Gasteiger charge is -2.02. The Kier molecular flexibility index (Phi) is 2.02. The molecule has 3 rings (SSSR count). The maximum absolute atomic E-state index is 13.3. The summed E-state index contributed by atoms with van der Waals surface area (Å²) in [5.74, 6) is -1.31. The van der Waals surface area contributed by atoms with Crippen molar-refractivity contribution in [3.05, 3.63) is 35.8 Å². The predicted octanol–water partition coefficient (Wildman–Crippen LogP) is 2.51. The Bertz CT molecular complexity index is 798. The molecule has 2 aromatic heterocycles. The van der Waals surface area contributed by atoms with Gasteiger partial charge in [0.25, 0.3) is 0 Å². The minimum absolute atomic E-state index is 0.196. The molecule has 18 heavy (non-hydrogen) atoms. The molecule has 0 radical (unpaired) electrons. The molecule has 5 heteroatoms. The Hall–Kier alpha value is -2.30. The number of fused-ring (bicyclic) bond motifs is 3. The normalized spacial score (nSPS) is 11.5. The number of aromatic carboxylic acids is 1. The molecule has 0 aliphatic heterocycles. The van der Waals surface area contributed by atoms with E-state index < -0.39 is 5.97 Å². The van der Waals surface area contributed by atoms with Crippen LogP contribution < -0.4 is 0 Å². The van der Waals surface area contributed by atoms with E-state index in [1.165, 1.54) is 12.1 Å². The molecule has 0 fully saturated rings. The van der Waals surface area contributed by atoms with Crippen LogP contribution in [0.1, 0.15) is 10.5 Å². The third-order valence-corrected chi connectivity index (χ3v) is 3.35. The third-order valence-electron chi connectivity index (χ3n) is 3.35. The van der Waals surface area contributed by atoms with Crippen LogP contribution in [0.15, 0.2) is 24.3 Å². The number of carboxylic acid groups (broad SMARTS) is 1. The van der Waals surface area contributed by atoms with Crippen molar-refractivity contribution in [3.63, 3.8) is 0 Å². The molecule has 0 amide bonds. The van der Waals surface area contributed by atoms with Gasteiger partial charge >= 0.3 is 5.97 Å². The van der Waals surface area contributed by atoms with E-state index in [1.807, 2.05) is 11.6 Å². The van der Waals surface area contributed by atoms with Gasteiger partial charge in [-0.15, -0.1) is 0 Å². The lowest BCUT2D eigenvalue weighted by Crippen LogP contribution is -2.05. The summed E-state index contributed by atoms with van der Waals surface area (Å²) >= 11 is 0. The minimum atomic E-state index is -0.988. The van der Waals surface area contributed by atoms with Crippen molar-refractivity contribution in [2.75, 3.05) is 0 Å². The highest BCUT2D eigenvalue weighted by Crippen LogP contribution is 2.30. The monoisotopic (exact) mass is 246 g/mol. The topological polar surface area (TPSA) is 47.2 Å². The molecule has 2 heterocycles. The number of aromatic nitrogens is 2. The zero-order valence-electron chi connectivity index (χ0n) is 9.94. The smallest absolute Gasteiger partial charge is 0.352 e. The Labute approximate surface area is 102 Å². The molecule has 0 saturated heterocycles. The molecule has 0 saturated carbocycles. The zero-order chi connectivity index (χ0) is 13.0. The summed E-state index contributed by atoms with van der Waals surface area (Å²) in [5.41, 5.74) is 1.85. The predicted molar refractivity (Wildman–Crippen MR) is 66.3 cm³/mol. The highest BCUT2D eigenvalue weighted by atomic mass is 19.1. The van der Waals surface area contributed by atoms with Crippen molar-refractivity contribution in [2.45, 2.75) is 0 Å². The molecular weight excluding hydrogens is 235 g/mol. The highest BCUT2D eigenvalue weighted by molar-refractivity contribution is 6.10. The molecule has 1 aromatic carbocycles. The molecule has 92 valence electrons. The van der Waals surface area contributed by atoms with E-state index in [1.54, 1.807) is 23.7 Å². The maximum atomic E-state index is 13.3. The van der Waals surface area contributed by atoms with Gasteiger partial charge in [0.2, 0.25) is 0 Å². The number of rotatable bonds is 1. The van der Waals surface area contributed by atoms with Crippen LogP contribution in [0.3, 0.4) is 0 Å². The number of nitrogens with zero attached hydrogens (tertiary/aromatic N) is 2. The second-order valence-corrected chi connectivity index (χ2v) is 4.35. The van der Waals surface area contributed by atoms with E-state index in [4.69, 9.17) is 5.11 Å². The molecule has 0 atom stereocenters. The van der Waals surface area contributed by atoms with Crippen molar-refractivity contribution in [1.82, 2.24) is 9.13 Å². The first-order chi connectivity index (χ1) is 8.50. The van der Waals surface area contributed by atoms with Crippen LogP contribution in [0, 0.1) is 5.82 Å². The summed E-state index contributed by atoms with van der Waals surface area (Å²) in [5, 5.41) is 10.6. The summed E-state index contributed by atoms with van der Waals surface area (Å²) in [6.07, 6.45) is 0. The number of aryl methyl sites for hydroxylation is 2. The van der Waals surface area contributed by atoms with E-state index in [2.05, 4.69) is 0 Å². The van der Waals surface area contributed by atoms with Crippen LogP contribution in [0.4, 0.5) is 4.39 Å². The highest BCUT2D eigenvalue weighted by Gasteiger charge is 2.18. The van der Waals surface area contributed by atoms with Gasteiger partial charge in [0.15, 0.2) is 0 Å². The minimum Gasteiger partial charge on any atom is -0.477 e. The molecule has 0 unspecified atom stereocenters. The van der Waals surface area contributed by atoms with E-state index in [0.717, 1.165) is 21.9 Å². The quantitative estimate of drug-likeness (QED) is 0.717. The molecular formula is C13H11FN2O2. The van der Waals surface area contributed by atoms with Crippen LogP contribution in [0.5, 0.6) is 0 Å². The summed E-state index contributed by atoms with van der Waals surface area (Å²) in [6, 6.07) is 6.12. The Balaban J connectivity index is 2.54. The summed E-state index contributed by atoms with van der Waals surface area (Å²) in [7, 11) is 3.54. The van der Waals surface area contributed by atoms with E-state index in [0.29, 0.717) is 0 Å². The first-order valence-corrected chi connectivity index (χ1v) is 5.47. The second kappa shape index (κ2) is 3.35. The van der Waals surface area contributed by atoms with E-state index in [9.17, 15) is 9.18 Å².